The summed E-state index contributed by atoms with van der Waals surface area (Å²) >= 11 is 1.74. The third kappa shape index (κ3) is 3.97. The molecule has 0 aromatic carbocycles. The molecule has 0 spiro atoms. The molecule has 1 aromatic rings. The van der Waals surface area contributed by atoms with Crippen molar-refractivity contribution >= 4 is 23.2 Å². The fraction of sp³-hybridized carbons (Fsp3) is 0.722. The summed E-state index contributed by atoms with van der Waals surface area (Å²) in [6, 6.07) is 0.381. The molecule has 2 heterocycles. The monoisotopic (exact) mass is 349 g/mol. The van der Waals surface area contributed by atoms with Crippen LogP contribution in [0.25, 0.3) is 0 Å². The van der Waals surface area contributed by atoms with E-state index in [9.17, 15) is 9.59 Å². The van der Waals surface area contributed by atoms with Gasteiger partial charge in [-0.05, 0) is 33.1 Å². The average Bonchev–Trinajstić information content (AvgIpc) is 3.25. The second-order valence-corrected chi connectivity index (χ2v) is 8.32. The van der Waals surface area contributed by atoms with Crippen molar-refractivity contribution in [3.8, 4) is 0 Å². The van der Waals surface area contributed by atoms with Crippen molar-refractivity contribution in [1.82, 2.24) is 15.2 Å². The van der Waals surface area contributed by atoms with Crippen LogP contribution in [-0.4, -0.2) is 40.8 Å². The molecule has 1 aliphatic carbocycles. The van der Waals surface area contributed by atoms with E-state index in [1.165, 1.54) is 17.7 Å². The predicted octanol–water partition coefficient (Wildman–Crippen LogP) is 2.60. The number of hydrogen-bond acceptors (Lipinski definition) is 4. The van der Waals surface area contributed by atoms with Gasteiger partial charge < -0.3 is 10.2 Å². The van der Waals surface area contributed by atoms with E-state index in [0.29, 0.717) is 25.6 Å². The van der Waals surface area contributed by atoms with Gasteiger partial charge in [0.1, 0.15) is 0 Å². The minimum Gasteiger partial charge on any atom is -0.356 e. The molecule has 1 atom stereocenters. The van der Waals surface area contributed by atoms with Crippen LogP contribution >= 0.6 is 11.3 Å². The van der Waals surface area contributed by atoms with Gasteiger partial charge in [-0.25, -0.2) is 4.98 Å². The fourth-order valence-electron chi connectivity index (χ4n) is 3.72. The minimum absolute atomic E-state index is 0.0374. The number of nitrogens with zero attached hydrogens (tertiary/aromatic N) is 2. The van der Waals surface area contributed by atoms with Crippen LogP contribution in [0.2, 0.25) is 0 Å². The number of rotatable bonds is 6. The maximum absolute atomic E-state index is 12.3. The molecule has 5 nitrogen and oxygen atoms in total. The Labute approximate surface area is 147 Å². The average molecular weight is 350 g/mol. The molecule has 2 fully saturated rings. The zero-order valence-corrected chi connectivity index (χ0v) is 15.5. The Morgan fingerprint density at radius 3 is 2.75 bits per heavy atom. The molecule has 3 rings (SSSR count). The molecule has 1 aromatic heterocycles. The number of thiazole rings is 1. The molecule has 2 amide bonds. The van der Waals surface area contributed by atoms with Crippen molar-refractivity contribution in [1.29, 1.82) is 0 Å². The number of carbonyl (C=O) groups is 2. The molecule has 6 heteroatoms. The topological polar surface area (TPSA) is 62.3 Å². The first kappa shape index (κ1) is 17.4. The van der Waals surface area contributed by atoms with Crippen molar-refractivity contribution in [3.63, 3.8) is 0 Å². The number of likely N-dealkylation sites (tertiary alicyclic amines) is 1. The largest absolute Gasteiger partial charge is 0.356 e. The van der Waals surface area contributed by atoms with Crippen molar-refractivity contribution in [3.05, 3.63) is 15.6 Å². The summed E-state index contributed by atoms with van der Waals surface area (Å²) in [7, 11) is 0. The Hall–Kier alpha value is -1.43. The summed E-state index contributed by atoms with van der Waals surface area (Å²) in [5.41, 5.74) is 1.11. The SMILES string of the molecule is Cc1nc(CCCNC(=O)[C@@H]2CC(=O)N(C3CCCC3)C2)sc1C. The standard InChI is InChI=1S/C18H27N3O2S/c1-12-13(2)24-16(20-12)8-5-9-19-18(23)14-10-17(22)21(11-14)15-6-3-4-7-15/h14-15H,3-11H2,1-2H3,(H,19,23)/t14-/m1/s1. The van der Waals surface area contributed by atoms with Gasteiger partial charge in [0.25, 0.3) is 0 Å². The Bertz CT molecular complexity index is 588. The van der Waals surface area contributed by atoms with E-state index in [4.69, 9.17) is 0 Å². The van der Waals surface area contributed by atoms with Crippen LogP contribution in [0.4, 0.5) is 0 Å². The van der Waals surface area contributed by atoms with Crippen LogP contribution in [-0.2, 0) is 16.0 Å². The fourth-order valence-corrected chi connectivity index (χ4v) is 4.69. The number of carbonyl (C=O) groups excluding carboxylic acids is 2. The Balaban J connectivity index is 1.40. The van der Waals surface area contributed by atoms with Crippen LogP contribution in [0.5, 0.6) is 0 Å². The summed E-state index contributed by atoms with van der Waals surface area (Å²) < 4.78 is 0. The molecule has 0 unspecified atom stereocenters. The van der Waals surface area contributed by atoms with Crippen molar-refractivity contribution in [2.75, 3.05) is 13.1 Å². The summed E-state index contributed by atoms with van der Waals surface area (Å²) in [4.78, 5) is 32.2. The smallest absolute Gasteiger partial charge is 0.225 e. The van der Waals surface area contributed by atoms with Crippen LogP contribution in [0.1, 0.15) is 54.1 Å². The van der Waals surface area contributed by atoms with Gasteiger partial charge in [0.2, 0.25) is 11.8 Å². The van der Waals surface area contributed by atoms with E-state index in [1.807, 2.05) is 11.8 Å². The normalized spacial score (nSPS) is 21.7. The van der Waals surface area contributed by atoms with Gasteiger partial charge in [0.15, 0.2) is 0 Å². The van der Waals surface area contributed by atoms with Crippen molar-refractivity contribution in [2.45, 2.75) is 64.8 Å². The Kier molecular flexibility index (Phi) is 5.54. The molecule has 0 radical (unpaired) electrons. The second-order valence-electron chi connectivity index (χ2n) is 7.03. The van der Waals surface area contributed by atoms with E-state index in [-0.39, 0.29) is 17.7 Å². The van der Waals surface area contributed by atoms with Gasteiger partial charge in [-0.2, -0.15) is 0 Å². The van der Waals surface area contributed by atoms with Crippen LogP contribution in [0, 0.1) is 19.8 Å². The predicted molar refractivity (Wildman–Crippen MR) is 95.0 cm³/mol. The molecular weight excluding hydrogens is 322 g/mol. The van der Waals surface area contributed by atoms with E-state index < -0.39 is 0 Å². The second kappa shape index (κ2) is 7.64. The minimum atomic E-state index is -0.164. The molecule has 132 valence electrons. The first-order valence-corrected chi connectivity index (χ1v) is 9.86. The summed E-state index contributed by atoms with van der Waals surface area (Å²) in [5, 5.41) is 4.15. The highest BCUT2D eigenvalue weighted by atomic mass is 32.1. The molecule has 0 bridgehead atoms. The van der Waals surface area contributed by atoms with Gasteiger partial charge >= 0.3 is 0 Å². The van der Waals surface area contributed by atoms with Gasteiger partial charge in [0, 0.05) is 36.9 Å². The maximum Gasteiger partial charge on any atom is 0.225 e. The lowest BCUT2D eigenvalue weighted by atomic mass is 10.1. The highest BCUT2D eigenvalue weighted by molar-refractivity contribution is 7.11. The van der Waals surface area contributed by atoms with Gasteiger partial charge in [-0.3, -0.25) is 9.59 Å². The Morgan fingerprint density at radius 1 is 1.33 bits per heavy atom. The van der Waals surface area contributed by atoms with Gasteiger partial charge in [-0.15, -0.1) is 11.3 Å². The van der Waals surface area contributed by atoms with Crippen LogP contribution in [0.15, 0.2) is 0 Å². The maximum atomic E-state index is 12.3. The zero-order valence-electron chi connectivity index (χ0n) is 14.6. The van der Waals surface area contributed by atoms with Crippen LogP contribution < -0.4 is 5.32 Å². The summed E-state index contributed by atoms with van der Waals surface area (Å²) in [6.45, 7) is 5.39. The van der Waals surface area contributed by atoms with E-state index in [2.05, 4.69) is 17.2 Å². The highest BCUT2D eigenvalue weighted by Gasteiger charge is 2.38. The Morgan fingerprint density at radius 2 is 2.08 bits per heavy atom. The third-order valence-corrected chi connectivity index (χ3v) is 6.37. The van der Waals surface area contributed by atoms with E-state index >= 15 is 0 Å². The zero-order chi connectivity index (χ0) is 17.1. The van der Waals surface area contributed by atoms with Crippen molar-refractivity contribution < 1.29 is 9.59 Å². The van der Waals surface area contributed by atoms with Gasteiger partial charge in [-0.1, -0.05) is 12.8 Å². The quantitative estimate of drug-likeness (QED) is 0.803. The molecule has 1 saturated carbocycles. The number of amides is 2. The van der Waals surface area contributed by atoms with Crippen molar-refractivity contribution in [2.24, 2.45) is 5.92 Å². The van der Waals surface area contributed by atoms with Gasteiger partial charge in [0.05, 0.1) is 16.6 Å². The van der Waals surface area contributed by atoms with E-state index in [0.717, 1.165) is 36.4 Å². The number of aromatic nitrogens is 1. The lowest BCUT2D eigenvalue weighted by molar-refractivity contribution is -0.130. The number of nitrogens with one attached hydrogen (secondary N) is 1. The molecule has 1 N–H and O–H groups in total. The molecular formula is C18H27N3O2S. The third-order valence-electron chi connectivity index (χ3n) is 5.23. The number of aryl methyl sites for hydroxylation is 3. The first-order valence-electron chi connectivity index (χ1n) is 9.04. The molecule has 1 aliphatic heterocycles. The molecule has 1 saturated heterocycles. The first-order chi connectivity index (χ1) is 11.5. The number of hydrogen-bond donors (Lipinski definition) is 1. The molecule has 24 heavy (non-hydrogen) atoms. The van der Waals surface area contributed by atoms with Crippen LogP contribution in [0.3, 0.4) is 0 Å². The summed E-state index contributed by atoms with van der Waals surface area (Å²) in [6.07, 6.45) is 6.80. The highest BCUT2D eigenvalue weighted by Crippen LogP contribution is 2.29. The molecule has 2 aliphatic rings. The summed E-state index contributed by atoms with van der Waals surface area (Å²) in [5.74, 6) is 0.0357. The lowest BCUT2D eigenvalue weighted by Crippen LogP contribution is -2.37. The van der Waals surface area contributed by atoms with E-state index in [1.54, 1.807) is 11.3 Å². The lowest BCUT2D eigenvalue weighted by Gasteiger charge is -2.23.